The summed E-state index contributed by atoms with van der Waals surface area (Å²) in [6.45, 7) is 7.19. The molecule has 0 saturated carbocycles. The molecule has 1 aliphatic carbocycles. The maximum Gasteiger partial charge on any atom is 0.0866 e. The monoisotopic (exact) mass is 318 g/mol. The molecule has 0 aromatic heterocycles. The van der Waals surface area contributed by atoms with Crippen LogP contribution in [0.4, 0.5) is 0 Å². The Bertz CT molecular complexity index is 526. The van der Waals surface area contributed by atoms with Crippen molar-refractivity contribution >= 4 is 23.5 Å². The normalized spacial score (nSPS) is 28.9. The smallest absolute Gasteiger partial charge is 0.0866 e. The summed E-state index contributed by atoms with van der Waals surface area (Å²) in [5.41, 5.74) is 5.26. The molecular formula is C19H26S2. The first-order chi connectivity index (χ1) is 10.0. The van der Waals surface area contributed by atoms with Crippen LogP contribution in [0.2, 0.25) is 0 Å². The van der Waals surface area contributed by atoms with Crippen LogP contribution in [0, 0.1) is 5.41 Å². The summed E-state index contributed by atoms with van der Waals surface area (Å²) in [4.78, 5) is 0. The Morgan fingerprint density at radius 3 is 2.29 bits per heavy atom. The van der Waals surface area contributed by atoms with Gasteiger partial charge in [0, 0.05) is 11.5 Å². The minimum atomic E-state index is 0.293. The highest BCUT2D eigenvalue weighted by Gasteiger charge is 2.44. The van der Waals surface area contributed by atoms with Gasteiger partial charge in [-0.2, -0.15) is 0 Å². The standard InChI is InChI=1S/C19H26S2/c1-15-9-10-18(3,13-16(15)2)14-19(20-11-12-21-19)17-7-5-4-6-8-17/h4-8H,9-14H2,1-3H3. The van der Waals surface area contributed by atoms with Crippen molar-refractivity contribution in [3.63, 3.8) is 0 Å². The highest BCUT2D eigenvalue weighted by atomic mass is 32.2. The molecule has 1 aliphatic heterocycles. The molecule has 0 amide bonds. The Balaban J connectivity index is 1.87. The average molecular weight is 319 g/mol. The average Bonchev–Trinajstić information content (AvgIpc) is 2.94. The van der Waals surface area contributed by atoms with Crippen molar-refractivity contribution in [2.45, 2.75) is 50.5 Å². The molecule has 21 heavy (non-hydrogen) atoms. The maximum atomic E-state index is 2.52. The molecule has 3 rings (SSSR count). The van der Waals surface area contributed by atoms with Crippen LogP contribution in [0.3, 0.4) is 0 Å². The summed E-state index contributed by atoms with van der Waals surface area (Å²) >= 11 is 4.37. The number of benzene rings is 1. The molecule has 1 heterocycles. The minimum absolute atomic E-state index is 0.293. The Labute approximate surface area is 138 Å². The van der Waals surface area contributed by atoms with Crippen LogP contribution < -0.4 is 0 Å². The molecule has 1 atom stereocenters. The zero-order valence-electron chi connectivity index (χ0n) is 13.4. The van der Waals surface area contributed by atoms with Crippen molar-refractivity contribution in [2.75, 3.05) is 11.5 Å². The SMILES string of the molecule is CC1=C(C)CC(C)(CC2(c3ccccc3)SCCS2)CC1. The van der Waals surface area contributed by atoms with E-state index in [0.29, 0.717) is 9.49 Å². The third-order valence-corrected chi connectivity index (χ3v) is 8.63. The van der Waals surface area contributed by atoms with Crippen molar-refractivity contribution in [1.29, 1.82) is 0 Å². The van der Waals surface area contributed by atoms with Crippen molar-refractivity contribution in [1.82, 2.24) is 0 Å². The van der Waals surface area contributed by atoms with Crippen molar-refractivity contribution in [2.24, 2.45) is 5.41 Å². The molecule has 1 aromatic carbocycles. The number of hydrogen-bond acceptors (Lipinski definition) is 2. The van der Waals surface area contributed by atoms with Gasteiger partial charge in [0.1, 0.15) is 0 Å². The van der Waals surface area contributed by atoms with E-state index >= 15 is 0 Å². The lowest BCUT2D eigenvalue weighted by Crippen LogP contribution is -2.29. The molecule has 1 fully saturated rings. The van der Waals surface area contributed by atoms with E-state index in [0.717, 1.165) is 0 Å². The van der Waals surface area contributed by atoms with Gasteiger partial charge in [0.05, 0.1) is 4.08 Å². The zero-order chi connectivity index (χ0) is 14.9. The van der Waals surface area contributed by atoms with Crippen LogP contribution in [0.15, 0.2) is 41.5 Å². The van der Waals surface area contributed by atoms with Gasteiger partial charge in [-0.25, -0.2) is 0 Å². The van der Waals surface area contributed by atoms with Gasteiger partial charge < -0.3 is 0 Å². The fourth-order valence-corrected chi connectivity index (χ4v) is 7.48. The topological polar surface area (TPSA) is 0 Å². The maximum absolute atomic E-state index is 2.52. The van der Waals surface area contributed by atoms with Crippen molar-refractivity contribution in [3.8, 4) is 0 Å². The van der Waals surface area contributed by atoms with Gasteiger partial charge >= 0.3 is 0 Å². The largest absolute Gasteiger partial charge is 0.139 e. The van der Waals surface area contributed by atoms with E-state index in [4.69, 9.17) is 0 Å². The van der Waals surface area contributed by atoms with Gasteiger partial charge in [-0.1, -0.05) is 48.4 Å². The number of thioether (sulfide) groups is 2. The third-order valence-electron chi connectivity index (χ3n) is 5.15. The van der Waals surface area contributed by atoms with Gasteiger partial charge in [-0.05, 0) is 50.5 Å². The summed E-state index contributed by atoms with van der Waals surface area (Å²) < 4.78 is 0.293. The molecule has 1 saturated heterocycles. The van der Waals surface area contributed by atoms with E-state index in [1.165, 1.54) is 42.8 Å². The van der Waals surface area contributed by atoms with E-state index in [2.05, 4.69) is 74.6 Å². The molecule has 114 valence electrons. The minimum Gasteiger partial charge on any atom is -0.139 e. The fraction of sp³-hybridized carbons (Fsp3) is 0.579. The number of hydrogen-bond donors (Lipinski definition) is 0. The number of allylic oxidation sites excluding steroid dienone is 2. The van der Waals surface area contributed by atoms with E-state index in [1.54, 1.807) is 11.1 Å². The van der Waals surface area contributed by atoms with Gasteiger partial charge in [0.2, 0.25) is 0 Å². The lowest BCUT2D eigenvalue weighted by atomic mass is 9.70. The second kappa shape index (κ2) is 6.04. The second-order valence-corrected chi connectivity index (χ2v) is 10.1. The molecule has 1 unspecified atom stereocenters. The predicted octanol–water partition coefficient (Wildman–Crippen LogP) is 6.24. The van der Waals surface area contributed by atoms with Gasteiger partial charge in [0.15, 0.2) is 0 Å². The molecule has 0 bridgehead atoms. The van der Waals surface area contributed by atoms with E-state index < -0.39 is 0 Å². The molecule has 0 radical (unpaired) electrons. The Morgan fingerprint density at radius 2 is 1.67 bits per heavy atom. The Hall–Kier alpha value is -0.340. The summed E-state index contributed by atoms with van der Waals surface area (Å²) in [5.74, 6) is 2.59. The summed E-state index contributed by atoms with van der Waals surface area (Å²) in [5, 5.41) is 0. The highest BCUT2D eigenvalue weighted by Crippen LogP contribution is 2.59. The first kappa shape index (κ1) is 15.6. The van der Waals surface area contributed by atoms with Crippen molar-refractivity contribution < 1.29 is 0 Å². The van der Waals surface area contributed by atoms with E-state index in [9.17, 15) is 0 Å². The molecular weight excluding hydrogens is 292 g/mol. The Morgan fingerprint density at radius 1 is 1.00 bits per heavy atom. The molecule has 2 heteroatoms. The molecule has 2 aliphatic rings. The second-order valence-electron chi connectivity index (χ2n) is 7.04. The van der Waals surface area contributed by atoms with Crippen LogP contribution in [0.1, 0.15) is 52.0 Å². The molecule has 0 N–H and O–H groups in total. The van der Waals surface area contributed by atoms with Crippen molar-refractivity contribution in [3.05, 3.63) is 47.0 Å². The lowest BCUT2D eigenvalue weighted by Gasteiger charge is -2.42. The summed E-state index contributed by atoms with van der Waals surface area (Å²) in [6, 6.07) is 11.2. The van der Waals surface area contributed by atoms with Crippen LogP contribution in [0.5, 0.6) is 0 Å². The lowest BCUT2D eigenvalue weighted by molar-refractivity contribution is 0.247. The predicted molar refractivity (Wildman–Crippen MR) is 98.0 cm³/mol. The Kier molecular flexibility index (Phi) is 4.47. The number of rotatable bonds is 3. The first-order valence-electron chi connectivity index (χ1n) is 8.02. The third kappa shape index (κ3) is 3.22. The van der Waals surface area contributed by atoms with Gasteiger partial charge in [0.25, 0.3) is 0 Å². The van der Waals surface area contributed by atoms with E-state index in [-0.39, 0.29) is 0 Å². The fourth-order valence-electron chi connectivity index (χ4n) is 3.81. The van der Waals surface area contributed by atoms with Gasteiger partial charge in [-0.3, -0.25) is 0 Å². The van der Waals surface area contributed by atoms with Gasteiger partial charge in [-0.15, -0.1) is 23.5 Å². The molecule has 0 nitrogen and oxygen atoms in total. The zero-order valence-corrected chi connectivity index (χ0v) is 15.1. The first-order valence-corrected chi connectivity index (χ1v) is 9.99. The highest BCUT2D eigenvalue weighted by molar-refractivity contribution is 8.20. The quantitative estimate of drug-likeness (QED) is 0.605. The summed E-state index contributed by atoms with van der Waals surface area (Å²) in [6.07, 6.45) is 5.24. The molecule has 1 aromatic rings. The van der Waals surface area contributed by atoms with Crippen LogP contribution in [-0.2, 0) is 4.08 Å². The molecule has 0 spiro atoms. The van der Waals surface area contributed by atoms with Crippen LogP contribution in [-0.4, -0.2) is 11.5 Å². The van der Waals surface area contributed by atoms with E-state index in [1.807, 2.05) is 0 Å². The van der Waals surface area contributed by atoms with Crippen LogP contribution in [0.25, 0.3) is 0 Å². The van der Waals surface area contributed by atoms with Crippen LogP contribution >= 0.6 is 23.5 Å². The summed E-state index contributed by atoms with van der Waals surface area (Å²) in [7, 11) is 0.